The Morgan fingerprint density at radius 3 is 2.71 bits per heavy atom. The van der Waals surface area contributed by atoms with E-state index < -0.39 is 15.4 Å². The van der Waals surface area contributed by atoms with Crippen molar-refractivity contribution >= 4 is 34.4 Å². The number of halogens is 1. The van der Waals surface area contributed by atoms with E-state index in [-0.39, 0.29) is 18.4 Å². The number of amides is 2. The highest BCUT2D eigenvalue weighted by Gasteiger charge is 2.48. The molecule has 0 saturated heterocycles. The Morgan fingerprint density at radius 1 is 1.26 bits per heavy atom. The number of hydrogen-bond donors (Lipinski definition) is 3. The van der Waals surface area contributed by atoms with E-state index >= 15 is 0 Å². The fourth-order valence-corrected chi connectivity index (χ4v) is 5.78. The first kappa shape index (κ1) is 21.9. The summed E-state index contributed by atoms with van der Waals surface area (Å²) in [5.74, 6) is 0.0760. The fourth-order valence-electron chi connectivity index (χ4n) is 4.48. The van der Waals surface area contributed by atoms with Gasteiger partial charge in [0.25, 0.3) is 5.91 Å². The lowest BCUT2D eigenvalue weighted by molar-refractivity contribution is -0.129. The maximum absolute atomic E-state index is 12.7. The van der Waals surface area contributed by atoms with Crippen LogP contribution in [0.3, 0.4) is 0 Å². The van der Waals surface area contributed by atoms with Gasteiger partial charge in [0, 0.05) is 23.5 Å². The Morgan fingerprint density at radius 2 is 2.00 bits per heavy atom. The molecule has 2 unspecified atom stereocenters. The molecule has 0 radical (unpaired) electrons. The van der Waals surface area contributed by atoms with Crippen molar-refractivity contribution in [3.8, 4) is 11.5 Å². The fraction of sp³-hybridized carbons (Fsp3) is 0.391. The summed E-state index contributed by atoms with van der Waals surface area (Å²) in [6.07, 6.45) is 4.41. The summed E-state index contributed by atoms with van der Waals surface area (Å²) in [4.78, 5) is 24.9. The van der Waals surface area contributed by atoms with E-state index in [0.29, 0.717) is 17.1 Å². The number of carbonyl (C=O) groups excluding carboxylic acids is 2. The molecule has 7 nitrogen and oxygen atoms in total. The average molecular weight is 536 g/mol. The van der Waals surface area contributed by atoms with Crippen LogP contribution >= 0.6 is 22.6 Å². The predicted octanol–water partition coefficient (Wildman–Crippen LogP) is 4.03. The van der Waals surface area contributed by atoms with Gasteiger partial charge in [0.15, 0.2) is 11.5 Å². The molecule has 8 heteroatoms. The van der Waals surface area contributed by atoms with Gasteiger partial charge in [-0.1, -0.05) is 24.3 Å². The highest BCUT2D eigenvalue weighted by atomic mass is 127. The topological polar surface area (TPSA) is 96.9 Å². The van der Waals surface area contributed by atoms with Crippen LogP contribution < -0.4 is 20.3 Å². The minimum absolute atomic E-state index is 0.0246. The van der Waals surface area contributed by atoms with E-state index in [1.54, 1.807) is 18.7 Å². The molecule has 164 valence electrons. The Balaban J connectivity index is 1.76. The lowest BCUT2D eigenvalue weighted by atomic mass is 9.84. The second-order valence-corrected chi connectivity index (χ2v) is 9.64. The van der Waals surface area contributed by atoms with Crippen LogP contribution in [-0.2, 0) is 8.34 Å². The number of benzene rings is 2. The number of fused-ring (bicyclic) bond motifs is 1. The molecule has 1 fully saturated rings. The van der Waals surface area contributed by atoms with Crippen LogP contribution in [0.25, 0.3) is 0 Å². The molecule has 2 aromatic carbocycles. The van der Waals surface area contributed by atoms with Gasteiger partial charge in [-0.05, 0) is 72.0 Å². The van der Waals surface area contributed by atoms with Gasteiger partial charge in [0.05, 0.1) is 13.2 Å². The van der Waals surface area contributed by atoms with Crippen molar-refractivity contribution in [3.63, 3.8) is 0 Å². The molecule has 1 aliphatic carbocycles. The Hall–Kier alpha value is -2.33. The van der Waals surface area contributed by atoms with Crippen molar-refractivity contribution < 1.29 is 24.3 Å². The Labute approximate surface area is 194 Å². The monoisotopic (exact) mass is 536 g/mol. The molecular formula is C23H25IN2O5. The number of alkyl halides is 1. The molecule has 3 N–H and O–H groups in total. The van der Waals surface area contributed by atoms with E-state index in [4.69, 9.17) is 9.47 Å². The zero-order chi connectivity index (χ0) is 22.0. The summed E-state index contributed by atoms with van der Waals surface area (Å²) < 4.78 is 10.9. The van der Waals surface area contributed by atoms with Gasteiger partial charge < -0.3 is 14.8 Å². The van der Waals surface area contributed by atoms with Gasteiger partial charge in [0.1, 0.15) is 3.55 Å². The second kappa shape index (κ2) is 9.04. The summed E-state index contributed by atoms with van der Waals surface area (Å²) in [5.41, 5.74) is 3.93. The molecule has 1 aliphatic heterocycles. The quantitative estimate of drug-likeness (QED) is 0.163. The van der Waals surface area contributed by atoms with E-state index in [9.17, 15) is 14.8 Å². The molecular weight excluding hydrogens is 511 g/mol. The number of nitrogens with one attached hydrogen (secondary N) is 2. The zero-order valence-corrected chi connectivity index (χ0v) is 19.3. The third kappa shape index (κ3) is 4.23. The number of ether oxygens (including phenoxy) is 2. The SMILES string of the molecule is COc1ccc(C(CC(=O)NO)C2(I)NC(=O)c3ccccc32)cc1OC1CCCC1. The molecule has 31 heavy (non-hydrogen) atoms. The van der Waals surface area contributed by atoms with Gasteiger partial charge in [-0.3, -0.25) is 14.8 Å². The zero-order valence-electron chi connectivity index (χ0n) is 17.2. The summed E-state index contributed by atoms with van der Waals surface area (Å²) in [7, 11) is 1.60. The van der Waals surface area contributed by atoms with E-state index in [1.807, 2.05) is 36.4 Å². The minimum Gasteiger partial charge on any atom is -0.493 e. The van der Waals surface area contributed by atoms with Crippen molar-refractivity contribution in [1.29, 1.82) is 0 Å². The number of rotatable bonds is 7. The Kier molecular flexibility index (Phi) is 6.38. The van der Waals surface area contributed by atoms with Crippen LogP contribution in [0.2, 0.25) is 0 Å². The van der Waals surface area contributed by atoms with Gasteiger partial charge in [-0.25, -0.2) is 5.48 Å². The number of methoxy groups -OCH3 is 1. The van der Waals surface area contributed by atoms with E-state index in [2.05, 4.69) is 27.9 Å². The maximum atomic E-state index is 12.7. The van der Waals surface area contributed by atoms with E-state index in [0.717, 1.165) is 36.8 Å². The molecule has 1 heterocycles. The largest absolute Gasteiger partial charge is 0.493 e. The highest BCUT2D eigenvalue weighted by molar-refractivity contribution is 14.1. The summed E-state index contributed by atoms with van der Waals surface area (Å²) >= 11 is 2.20. The number of carbonyl (C=O) groups is 2. The summed E-state index contributed by atoms with van der Waals surface area (Å²) in [6, 6.07) is 12.9. The molecule has 2 aliphatic rings. The Bertz CT molecular complexity index is 992. The molecule has 2 amide bonds. The first-order valence-corrected chi connectivity index (χ1v) is 11.4. The van der Waals surface area contributed by atoms with Gasteiger partial charge in [-0.2, -0.15) is 0 Å². The first-order valence-electron chi connectivity index (χ1n) is 10.3. The molecule has 0 spiro atoms. The van der Waals surface area contributed by atoms with Crippen molar-refractivity contribution in [2.45, 2.75) is 47.7 Å². The normalized spacial score (nSPS) is 21.3. The van der Waals surface area contributed by atoms with Crippen LogP contribution in [-0.4, -0.2) is 30.2 Å². The van der Waals surface area contributed by atoms with Crippen LogP contribution in [0.5, 0.6) is 11.5 Å². The molecule has 0 bridgehead atoms. The van der Waals surface area contributed by atoms with Crippen molar-refractivity contribution in [2.75, 3.05) is 7.11 Å². The lowest BCUT2D eigenvalue weighted by Gasteiger charge is -2.33. The number of hydrogen-bond acceptors (Lipinski definition) is 5. The first-order chi connectivity index (χ1) is 15.0. The second-order valence-electron chi connectivity index (χ2n) is 7.94. The van der Waals surface area contributed by atoms with E-state index in [1.165, 1.54) is 0 Å². The van der Waals surface area contributed by atoms with Crippen LogP contribution in [0.4, 0.5) is 0 Å². The van der Waals surface area contributed by atoms with Crippen molar-refractivity contribution in [2.24, 2.45) is 0 Å². The van der Waals surface area contributed by atoms with Gasteiger partial charge in [0.2, 0.25) is 5.91 Å². The molecule has 2 atom stereocenters. The van der Waals surface area contributed by atoms with Crippen LogP contribution in [0.15, 0.2) is 42.5 Å². The standard InChI is InChI=1S/C23H25IN2O5/c1-30-19-11-10-14(12-20(19)31-15-6-2-3-7-15)18(13-21(27)26-29)23(24)17-9-5-4-8-16(17)22(28)25-23/h4-5,8-12,15,18,29H,2-3,6-7,13H2,1H3,(H,25,28)(H,26,27). The predicted molar refractivity (Wildman–Crippen MR) is 123 cm³/mol. The van der Waals surface area contributed by atoms with Crippen LogP contribution in [0, 0.1) is 0 Å². The van der Waals surface area contributed by atoms with Gasteiger partial charge in [-0.15, -0.1) is 0 Å². The third-order valence-electron chi connectivity index (χ3n) is 6.04. The average Bonchev–Trinajstić information content (AvgIpc) is 3.38. The molecule has 4 rings (SSSR count). The lowest BCUT2D eigenvalue weighted by Crippen LogP contribution is -2.41. The molecule has 0 aromatic heterocycles. The van der Waals surface area contributed by atoms with Gasteiger partial charge >= 0.3 is 0 Å². The smallest absolute Gasteiger partial charge is 0.252 e. The summed E-state index contributed by atoms with van der Waals surface area (Å²) in [5, 5.41) is 12.3. The van der Waals surface area contributed by atoms with Crippen molar-refractivity contribution in [3.05, 3.63) is 59.2 Å². The molecule has 2 aromatic rings. The maximum Gasteiger partial charge on any atom is 0.252 e. The molecule has 1 saturated carbocycles. The van der Waals surface area contributed by atoms with Crippen molar-refractivity contribution in [1.82, 2.24) is 10.8 Å². The van der Waals surface area contributed by atoms with Crippen LogP contribution in [0.1, 0.15) is 59.5 Å². The minimum atomic E-state index is -0.864. The third-order valence-corrected chi connectivity index (χ3v) is 7.64. The number of hydroxylamine groups is 1. The highest BCUT2D eigenvalue weighted by Crippen LogP contribution is 2.50. The summed E-state index contributed by atoms with van der Waals surface area (Å²) in [6.45, 7) is 0.